The van der Waals surface area contributed by atoms with Crippen LogP contribution in [0.3, 0.4) is 0 Å². The van der Waals surface area contributed by atoms with E-state index in [1.54, 1.807) is 6.33 Å². The molecule has 4 rings (SSSR count). The Kier molecular flexibility index (Phi) is 7.55. The van der Waals surface area contributed by atoms with Gasteiger partial charge in [-0.15, -0.1) is 0 Å². The van der Waals surface area contributed by atoms with Gasteiger partial charge in [-0.05, 0) is 36.2 Å². The second-order valence-electron chi connectivity index (χ2n) is 7.54. The Morgan fingerprint density at radius 1 is 0.969 bits per heavy atom. The lowest BCUT2D eigenvalue weighted by atomic mass is 10.1. The summed E-state index contributed by atoms with van der Waals surface area (Å²) in [5, 5.41) is 3.75. The lowest BCUT2D eigenvalue weighted by Gasteiger charge is -2.36. The molecular weight excluding hydrogens is 425 g/mol. The fourth-order valence-corrected chi connectivity index (χ4v) is 4.30. The van der Waals surface area contributed by atoms with Crippen molar-refractivity contribution >= 4 is 29.2 Å². The lowest BCUT2D eigenvalue weighted by Crippen LogP contribution is -2.46. The topological polar surface area (TPSA) is 61.4 Å². The van der Waals surface area contributed by atoms with Crippen molar-refractivity contribution in [2.45, 2.75) is 11.4 Å². The predicted molar refractivity (Wildman–Crippen MR) is 127 cm³/mol. The van der Waals surface area contributed by atoms with Gasteiger partial charge in [0.05, 0.1) is 5.75 Å². The molecule has 8 heteroatoms. The van der Waals surface area contributed by atoms with E-state index in [4.69, 9.17) is 0 Å². The fourth-order valence-electron chi connectivity index (χ4n) is 3.61. The smallest absolute Gasteiger partial charge is 0.230 e. The summed E-state index contributed by atoms with van der Waals surface area (Å²) < 4.78 is 13.2. The quantitative estimate of drug-likeness (QED) is 0.419. The van der Waals surface area contributed by atoms with E-state index < -0.39 is 0 Å². The molecule has 0 spiro atoms. The molecule has 166 valence electrons. The number of anilines is 2. The molecule has 1 aliphatic rings. The number of aromatic nitrogens is 2. The molecule has 1 N–H and O–H groups in total. The minimum atomic E-state index is -0.219. The average molecular weight is 452 g/mol. The van der Waals surface area contributed by atoms with E-state index in [1.807, 2.05) is 36.4 Å². The first-order chi connectivity index (χ1) is 15.7. The van der Waals surface area contributed by atoms with Crippen molar-refractivity contribution in [3.05, 3.63) is 78.4 Å². The van der Waals surface area contributed by atoms with Crippen molar-refractivity contribution < 1.29 is 9.18 Å². The van der Waals surface area contributed by atoms with Crippen molar-refractivity contribution in [1.82, 2.24) is 15.3 Å². The highest BCUT2D eigenvalue weighted by molar-refractivity contribution is 7.99. The molecule has 1 aromatic heterocycles. The second-order valence-corrected chi connectivity index (χ2v) is 8.53. The maximum atomic E-state index is 13.2. The summed E-state index contributed by atoms with van der Waals surface area (Å²) in [7, 11) is 0. The SMILES string of the molecule is O=C(CSc1cc(N2CCN(c3ccc(F)cc3)CC2)ncn1)NCCc1ccccc1. The Morgan fingerprint density at radius 3 is 2.44 bits per heavy atom. The van der Waals surface area contributed by atoms with Gasteiger partial charge in [-0.1, -0.05) is 42.1 Å². The normalized spacial score (nSPS) is 13.8. The molecule has 0 radical (unpaired) electrons. The van der Waals surface area contributed by atoms with Crippen LogP contribution >= 0.6 is 11.8 Å². The van der Waals surface area contributed by atoms with Gasteiger partial charge >= 0.3 is 0 Å². The van der Waals surface area contributed by atoms with Crippen molar-refractivity contribution in [3.63, 3.8) is 0 Å². The van der Waals surface area contributed by atoms with Gasteiger partial charge in [0.1, 0.15) is 23.0 Å². The molecule has 2 heterocycles. The third-order valence-electron chi connectivity index (χ3n) is 5.35. The van der Waals surface area contributed by atoms with Crippen LogP contribution in [-0.4, -0.2) is 54.4 Å². The Balaban J connectivity index is 1.23. The highest BCUT2D eigenvalue weighted by atomic mass is 32.2. The van der Waals surface area contributed by atoms with E-state index in [0.29, 0.717) is 12.3 Å². The Morgan fingerprint density at radius 2 is 1.69 bits per heavy atom. The maximum Gasteiger partial charge on any atom is 0.230 e. The summed E-state index contributed by atoms with van der Waals surface area (Å²) in [4.78, 5) is 25.3. The van der Waals surface area contributed by atoms with E-state index >= 15 is 0 Å². The fraction of sp³-hybridized carbons (Fsp3) is 0.292. The van der Waals surface area contributed by atoms with Crippen LogP contribution in [0.1, 0.15) is 5.56 Å². The van der Waals surface area contributed by atoms with Crippen molar-refractivity contribution in [2.24, 2.45) is 0 Å². The van der Waals surface area contributed by atoms with Crippen LogP contribution in [0.4, 0.5) is 15.9 Å². The second kappa shape index (κ2) is 10.9. The molecule has 6 nitrogen and oxygen atoms in total. The van der Waals surface area contributed by atoms with E-state index in [9.17, 15) is 9.18 Å². The van der Waals surface area contributed by atoms with Crippen LogP contribution < -0.4 is 15.1 Å². The highest BCUT2D eigenvalue weighted by Gasteiger charge is 2.19. The van der Waals surface area contributed by atoms with Gasteiger partial charge in [0, 0.05) is 44.5 Å². The minimum Gasteiger partial charge on any atom is -0.368 e. The molecule has 0 aliphatic carbocycles. The first-order valence-corrected chi connectivity index (χ1v) is 11.7. The first kappa shape index (κ1) is 22.1. The van der Waals surface area contributed by atoms with Gasteiger partial charge < -0.3 is 15.1 Å². The number of hydrogen-bond acceptors (Lipinski definition) is 6. The highest BCUT2D eigenvalue weighted by Crippen LogP contribution is 2.22. The molecule has 1 saturated heterocycles. The van der Waals surface area contributed by atoms with Crippen molar-refractivity contribution in [2.75, 3.05) is 48.3 Å². The predicted octanol–water partition coefficient (Wildman–Crippen LogP) is 3.39. The molecule has 2 aromatic carbocycles. The largest absolute Gasteiger partial charge is 0.368 e. The molecule has 0 saturated carbocycles. The molecule has 1 amide bonds. The number of carbonyl (C=O) groups is 1. The third kappa shape index (κ3) is 6.20. The molecule has 0 bridgehead atoms. The van der Waals surface area contributed by atoms with Crippen molar-refractivity contribution in [3.8, 4) is 0 Å². The van der Waals surface area contributed by atoms with Crippen molar-refractivity contribution in [1.29, 1.82) is 0 Å². The number of hydrogen-bond donors (Lipinski definition) is 1. The number of nitrogens with one attached hydrogen (secondary N) is 1. The summed E-state index contributed by atoms with van der Waals surface area (Å²) in [5.41, 5.74) is 2.24. The number of rotatable bonds is 8. The number of piperazine rings is 1. The summed E-state index contributed by atoms with van der Waals surface area (Å²) in [6.07, 6.45) is 2.37. The molecule has 1 fully saturated rings. The monoisotopic (exact) mass is 451 g/mol. The molecular formula is C24H26FN5OS. The molecule has 0 unspecified atom stereocenters. The third-order valence-corrected chi connectivity index (χ3v) is 6.28. The Hall–Kier alpha value is -3.13. The zero-order valence-corrected chi connectivity index (χ0v) is 18.6. The molecule has 32 heavy (non-hydrogen) atoms. The molecule has 0 atom stereocenters. The lowest BCUT2D eigenvalue weighted by molar-refractivity contribution is -0.118. The first-order valence-electron chi connectivity index (χ1n) is 10.7. The van der Waals surface area contributed by atoms with E-state index in [1.165, 1.54) is 29.5 Å². The maximum absolute atomic E-state index is 13.2. The summed E-state index contributed by atoms with van der Waals surface area (Å²) in [5.74, 6) is 0.969. The van der Waals surface area contributed by atoms with Crippen LogP contribution in [-0.2, 0) is 11.2 Å². The number of benzene rings is 2. The van der Waals surface area contributed by atoms with E-state index in [0.717, 1.165) is 49.1 Å². The number of halogens is 1. The molecule has 1 aliphatic heterocycles. The summed E-state index contributed by atoms with van der Waals surface area (Å²) >= 11 is 1.42. The van der Waals surface area contributed by atoms with Gasteiger partial charge in [-0.2, -0.15) is 0 Å². The Labute approximate surface area is 191 Å². The number of amides is 1. The van der Waals surface area contributed by atoms with Gasteiger partial charge in [0.25, 0.3) is 0 Å². The number of nitrogens with zero attached hydrogens (tertiary/aromatic N) is 4. The summed E-state index contributed by atoms with van der Waals surface area (Å²) in [6.45, 7) is 3.93. The number of carbonyl (C=O) groups excluding carboxylic acids is 1. The average Bonchev–Trinajstić information content (AvgIpc) is 2.84. The van der Waals surface area contributed by atoms with Crippen LogP contribution in [0.25, 0.3) is 0 Å². The minimum absolute atomic E-state index is 0.000921. The molecule has 3 aromatic rings. The van der Waals surface area contributed by atoms with E-state index in [-0.39, 0.29) is 11.7 Å². The zero-order chi connectivity index (χ0) is 22.2. The van der Waals surface area contributed by atoms with Gasteiger partial charge in [0.15, 0.2) is 0 Å². The number of thioether (sulfide) groups is 1. The van der Waals surface area contributed by atoms with Crippen LogP contribution in [0.15, 0.2) is 72.0 Å². The van der Waals surface area contributed by atoms with Gasteiger partial charge in [-0.25, -0.2) is 14.4 Å². The summed E-state index contributed by atoms with van der Waals surface area (Å²) in [6, 6.07) is 18.7. The van der Waals surface area contributed by atoms with Crippen LogP contribution in [0.5, 0.6) is 0 Å². The standard InChI is InChI=1S/C24H26FN5OS/c25-20-6-8-21(9-7-20)29-12-14-30(15-13-29)22-16-24(28-18-27-22)32-17-23(31)26-11-10-19-4-2-1-3-5-19/h1-9,16,18H,10-15,17H2,(H,26,31). The van der Waals surface area contributed by atoms with Gasteiger partial charge in [-0.3, -0.25) is 4.79 Å². The van der Waals surface area contributed by atoms with Crippen LogP contribution in [0, 0.1) is 5.82 Å². The van der Waals surface area contributed by atoms with Crippen LogP contribution in [0.2, 0.25) is 0 Å². The van der Waals surface area contributed by atoms with Gasteiger partial charge in [0.2, 0.25) is 5.91 Å². The zero-order valence-electron chi connectivity index (χ0n) is 17.8. The Bertz CT molecular complexity index is 1010. The van der Waals surface area contributed by atoms with E-state index in [2.05, 4.69) is 37.2 Å².